The summed E-state index contributed by atoms with van der Waals surface area (Å²) in [5.74, 6) is -0.194. The topological polar surface area (TPSA) is 12.0 Å². The Hall–Kier alpha value is -0.840. The van der Waals surface area contributed by atoms with Gasteiger partial charge in [-0.15, -0.1) is 11.8 Å². The number of benzene rings is 2. The Morgan fingerprint density at radius 2 is 1.90 bits per heavy atom. The van der Waals surface area contributed by atoms with Gasteiger partial charge in [0.25, 0.3) is 0 Å². The molecule has 2 aromatic carbocycles. The van der Waals surface area contributed by atoms with Crippen molar-refractivity contribution in [3.8, 4) is 0 Å². The highest BCUT2D eigenvalue weighted by atomic mass is 79.9. The number of rotatable bonds is 6. The van der Waals surface area contributed by atoms with E-state index in [0.29, 0.717) is 10.0 Å². The summed E-state index contributed by atoms with van der Waals surface area (Å²) in [5, 5.41) is 3.44. The Kier molecular flexibility index (Phi) is 6.27. The van der Waals surface area contributed by atoms with Crippen LogP contribution in [0.25, 0.3) is 0 Å². The zero-order valence-electron chi connectivity index (χ0n) is 12.2. The van der Waals surface area contributed by atoms with Crippen LogP contribution in [0.2, 0.25) is 0 Å². The molecule has 4 heteroatoms. The first kappa shape index (κ1) is 16.5. The highest BCUT2D eigenvalue weighted by molar-refractivity contribution is 9.10. The molecule has 0 heterocycles. The molecule has 112 valence electrons. The second-order valence-electron chi connectivity index (χ2n) is 4.80. The molecule has 2 rings (SSSR count). The molecule has 0 saturated carbocycles. The van der Waals surface area contributed by atoms with E-state index in [2.05, 4.69) is 58.7 Å². The Labute approximate surface area is 138 Å². The van der Waals surface area contributed by atoms with Gasteiger partial charge in [-0.2, -0.15) is 0 Å². The first-order chi connectivity index (χ1) is 10.2. The number of thioether (sulfide) groups is 1. The smallest absolute Gasteiger partial charge is 0.142 e. The van der Waals surface area contributed by atoms with E-state index in [-0.39, 0.29) is 11.9 Å². The molecule has 1 N–H and O–H groups in total. The zero-order valence-corrected chi connectivity index (χ0v) is 14.6. The van der Waals surface area contributed by atoms with Crippen molar-refractivity contribution in [3.63, 3.8) is 0 Å². The summed E-state index contributed by atoms with van der Waals surface area (Å²) in [6.07, 6.45) is 3.06. The maximum Gasteiger partial charge on any atom is 0.142 e. The average molecular weight is 368 g/mol. The standard InChI is InChI=1S/C17H19BrFNS/c1-3-11-20-17(12-7-9-13(21-2)10-8-12)14-5-4-6-15(18)16(14)19/h4-10,17,20H,3,11H2,1-2H3. The predicted octanol–water partition coefficient (Wildman–Crippen LogP) is 5.40. The number of hydrogen-bond acceptors (Lipinski definition) is 2. The summed E-state index contributed by atoms with van der Waals surface area (Å²) < 4.78 is 14.9. The third-order valence-corrected chi connectivity index (χ3v) is 4.70. The minimum Gasteiger partial charge on any atom is -0.306 e. The van der Waals surface area contributed by atoms with Gasteiger partial charge in [0.05, 0.1) is 10.5 Å². The van der Waals surface area contributed by atoms with Crippen LogP contribution in [0, 0.1) is 5.82 Å². The number of halogens is 2. The van der Waals surface area contributed by atoms with E-state index in [4.69, 9.17) is 0 Å². The van der Waals surface area contributed by atoms with Crippen LogP contribution in [0.3, 0.4) is 0 Å². The monoisotopic (exact) mass is 367 g/mol. The molecule has 0 aromatic heterocycles. The van der Waals surface area contributed by atoms with E-state index in [0.717, 1.165) is 18.5 Å². The van der Waals surface area contributed by atoms with Gasteiger partial charge in [0.2, 0.25) is 0 Å². The van der Waals surface area contributed by atoms with Gasteiger partial charge in [-0.25, -0.2) is 4.39 Å². The molecule has 0 amide bonds. The molecule has 0 aliphatic heterocycles. The maximum atomic E-state index is 14.4. The lowest BCUT2D eigenvalue weighted by Crippen LogP contribution is -2.24. The van der Waals surface area contributed by atoms with Crippen LogP contribution in [0.5, 0.6) is 0 Å². The Balaban J connectivity index is 2.39. The van der Waals surface area contributed by atoms with Crippen molar-refractivity contribution in [2.24, 2.45) is 0 Å². The van der Waals surface area contributed by atoms with E-state index >= 15 is 0 Å². The fourth-order valence-corrected chi connectivity index (χ4v) is 3.03. The minimum absolute atomic E-state index is 0.127. The zero-order chi connectivity index (χ0) is 15.2. The van der Waals surface area contributed by atoms with Gasteiger partial charge in [0, 0.05) is 10.5 Å². The lowest BCUT2D eigenvalue weighted by molar-refractivity contribution is 0.543. The van der Waals surface area contributed by atoms with Crippen LogP contribution >= 0.6 is 27.7 Å². The largest absolute Gasteiger partial charge is 0.306 e. The van der Waals surface area contributed by atoms with Crippen molar-refractivity contribution in [2.75, 3.05) is 12.8 Å². The number of hydrogen-bond donors (Lipinski definition) is 1. The van der Waals surface area contributed by atoms with Gasteiger partial charge in [-0.3, -0.25) is 0 Å². The van der Waals surface area contributed by atoms with Gasteiger partial charge in [-0.05, 0) is 58.9 Å². The minimum atomic E-state index is -0.194. The third-order valence-electron chi connectivity index (χ3n) is 3.34. The normalized spacial score (nSPS) is 12.4. The number of nitrogens with one attached hydrogen (secondary N) is 1. The van der Waals surface area contributed by atoms with Crippen molar-refractivity contribution < 1.29 is 4.39 Å². The van der Waals surface area contributed by atoms with Crippen molar-refractivity contribution in [1.29, 1.82) is 0 Å². The van der Waals surface area contributed by atoms with Crippen LogP contribution in [0.4, 0.5) is 4.39 Å². The van der Waals surface area contributed by atoms with Crippen LogP contribution in [-0.4, -0.2) is 12.8 Å². The predicted molar refractivity (Wildman–Crippen MR) is 92.5 cm³/mol. The highest BCUT2D eigenvalue weighted by Gasteiger charge is 2.18. The summed E-state index contributed by atoms with van der Waals surface area (Å²) in [6, 6.07) is 13.6. The lowest BCUT2D eigenvalue weighted by atomic mass is 9.98. The fraction of sp³-hybridized carbons (Fsp3) is 0.294. The Morgan fingerprint density at radius 3 is 2.52 bits per heavy atom. The van der Waals surface area contributed by atoms with Crippen LogP contribution in [0.1, 0.15) is 30.5 Å². The van der Waals surface area contributed by atoms with E-state index in [1.165, 1.54) is 4.90 Å². The fourth-order valence-electron chi connectivity index (χ4n) is 2.24. The van der Waals surface area contributed by atoms with Crippen molar-refractivity contribution >= 4 is 27.7 Å². The van der Waals surface area contributed by atoms with E-state index in [9.17, 15) is 4.39 Å². The van der Waals surface area contributed by atoms with Crippen molar-refractivity contribution in [2.45, 2.75) is 24.3 Å². The summed E-state index contributed by atoms with van der Waals surface area (Å²) in [7, 11) is 0. The second kappa shape index (κ2) is 7.97. The summed E-state index contributed by atoms with van der Waals surface area (Å²) >= 11 is 4.98. The second-order valence-corrected chi connectivity index (χ2v) is 6.54. The molecule has 1 unspecified atom stereocenters. The average Bonchev–Trinajstić information content (AvgIpc) is 2.52. The summed E-state index contributed by atoms with van der Waals surface area (Å²) in [6.45, 7) is 2.96. The van der Waals surface area contributed by atoms with Crippen LogP contribution < -0.4 is 5.32 Å². The van der Waals surface area contributed by atoms with Crippen molar-refractivity contribution in [1.82, 2.24) is 5.32 Å². The molecule has 0 bridgehead atoms. The molecule has 2 aromatic rings. The molecular formula is C17H19BrFNS. The maximum absolute atomic E-state index is 14.4. The third kappa shape index (κ3) is 4.09. The first-order valence-corrected chi connectivity index (χ1v) is 9.00. The van der Waals surface area contributed by atoms with Gasteiger partial charge in [0.15, 0.2) is 0 Å². The van der Waals surface area contributed by atoms with E-state index < -0.39 is 0 Å². The van der Waals surface area contributed by atoms with Gasteiger partial charge >= 0.3 is 0 Å². The summed E-state index contributed by atoms with van der Waals surface area (Å²) in [5.41, 5.74) is 1.76. The first-order valence-electron chi connectivity index (χ1n) is 6.98. The van der Waals surface area contributed by atoms with E-state index in [1.54, 1.807) is 17.8 Å². The highest BCUT2D eigenvalue weighted by Crippen LogP contribution is 2.29. The molecule has 0 aliphatic carbocycles. The van der Waals surface area contributed by atoms with Crippen molar-refractivity contribution in [3.05, 3.63) is 63.9 Å². The van der Waals surface area contributed by atoms with Crippen LogP contribution in [-0.2, 0) is 0 Å². The van der Waals surface area contributed by atoms with Gasteiger partial charge < -0.3 is 5.32 Å². The molecule has 0 fully saturated rings. The molecule has 0 spiro atoms. The molecule has 0 aliphatic rings. The SMILES string of the molecule is CCCNC(c1ccc(SC)cc1)c1cccc(Br)c1F. The molecular weight excluding hydrogens is 349 g/mol. The van der Waals surface area contributed by atoms with Gasteiger partial charge in [-0.1, -0.05) is 31.2 Å². The lowest BCUT2D eigenvalue weighted by Gasteiger charge is -2.21. The molecule has 0 saturated heterocycles. The molecule has 0 radical (unpaired) electrons. The Bertz CT molecular complexity index is 586. The quantitative estimate of drug-likeness (QED) is 0.686. The molecule has 21 heavy (non-hydrogen) atoms. The molecule has 1 atom stereocenters. The van der Waals surface area contributed by atoms with Gasteiger partial charge in [0.1, 0.15) is 5.82 Å². The Morgan fingerprint density at radius 1 is 1.19 bits per heavy atom. The summed E-state index contributed by atoms with van der Waals surface area (Å²) in [4.78, 5) is 1.21. The van der Waals surface area contributed by atoms with E-state index in [1.807, 2.05) is 12.1 Å². The van der Waals surface area contributed by atoms with Crippen LogP contribution in [0.15, 0.2) is 51.8 Å². The molecule has 1 nitrogen and oxygen atoms in total.